The largest absolute Gasteiger partial charge is 0.325 e. The molecule has 4 rings (SSSR count). The van der Waals surface area contributed by atoms with E-state index in [0.717, 1.165) is 11.3 Å². The van der Waals surface area contributed by atoms with Gasteiger partial charge in [0.15, 0.2) is 0 Å². The van der Waals surface area contributed by atoms with Gasteiger partial charge < -0.3 is 5.32 Å². The van der Waals surface area contributed by atoms with Gasteiger partial charge in [0.1, 0.15) is 28.7 Å². The molecule has 0 atom stereocenters. The standard InChI is InChI=1S/C20H15F2N3O2S/c1-2-15-24-18-17-13(22)4-3-5-14(17)28-19(18)20(27)25(15)10-16(26)23-12-8-6-11(21)7-9-12/h3-9H,2,10H2,1H3,(H,23,26). The molecule has 142 valence electrons. The molecule has 0 unspecified atom stereocenters. The minimum Gasteiger partial charge on any atom is -0.325 e. The quantitative estimate of drug-likeness (QED) is 0.562. The highest BCUT2D eigenvalue weighted by molar-refractivity contribution is 7.25. The topological polar surface area (TPSA) is 64.0 Å². The van der Waals surface area contributed by atoms with E-state index in [9.17, 15) is 18.4 Å². The monoisotopic (exact) mass is 399 g/mol. The van der Waals surface area contributed by atoms with Gasteiger partial charge in [0.25, 0.3) is 5.56 Å². The third kappa shape index (κ3) is 3.16. The number of benzene rings is 2. The summed E-state index contributed by atoms with van der Waals surface area (Å²) in [7, 11) is 0. The van der Waals surface area contributed by atoms with Crippen molar-refractivity contribution in [3.05, 3.63) is 70.3 Å². The number of aromatic nitrogens is 2. The van der Waals surface area contributed by atoms with Gasteiger partial charge in [-0.15, -0.1) is 11.3 Å². The van der Waals surface area contributed by atoms with Gasteiger partial charge in [0.05, 0.1) is 10.9 Å². The fourth-order valence-electron chi connectivity index (χ4n) is 3.08. The van der Waals surface area contributed by atoms with Crippen LogP contribution >= 0.6 is 11.3 Å². The van der Waals surface area contributed by atoms with Crippen molar-refractivity contribution in [2.75, 3.05) is 5.32 Å². The van der Waals surface area contributed by atoms with Crippen molar-refractivity contribution < 1.29 is 13.6 Å². The molecule has 4 aromatic rings. The van der Waals surface area contributed by atoms with Gasteiger partial charge in [-0.25, -0.2) is 13.8 Å². The highest BCUT2D eigenvalue weighted by atomic mass is 32.1. The number of aryl methyl sites for hydroxylation is 1. The van der Waals surface area contributed by atoms with Crippen molar-refractivity contribution in [3.63, 3.8) is 0 Å². The number of rotatable bonds is 4. The first-order valence-corrected chi connectivity index (χ1v) is 9.45. The van der Waals surface area contributed by atoms with E-state index in [4.69, 9.17) is 0 Å². The second kappa shape index (κ2) is 7.12. The lowest BCUT2D eigenvalue weighted by molar-refractivity contribution is -0.116. The van der Waals surface area contributed by atoms with Crippen LogP contribution < -0.4 is 10.9 Å². The predicted molar refractivity (Wildman–Crippen MR) is 106 cm³/mol. The first kappa shape index (κ1) is 18.2. The number of nitrogens with one attached hydrogen (secondary N) is 1. The zero-order valence-corrected chi connectivity index (χ0v) is 15.6. The molecule has 0 saturated heterocycles. The molecule has 0 aliphatic heterocycles. The third-order valence-electron chi connectivity index (χ3n) is 4.38. The van der Waals surface area contributed by atoms with Crippen LogP contribution in [0.3, 0.4) is 0 Å². The Labute approximate surface area is 162 Å². The summed E-state index contributed by atoms with van der Waals surface area (Å²) in [4.78, 5) is 29.9. The molecule has 2 heterocycles. The predicted octanol–water partition coefficient (Wildman–Crippen LogP) is 4.09. The molecule has 2 aromatic carbocycles. The van der Waals surface area contributed by atoms with Gasteiger partial charge >= 0.3 is 0 Å². The SMILES string of the molecule is CCc1nc2c(sc3cccc(F)c32)c(=O)n1CC(=O)Nc1ccc(F)cc1. The number of halogens is 2. The van der Waals surface area contributed by atoms with Crippen molar-refractivity contribution >= 4 is 43.2 Å². The summed E-state index contributed by atoms with van der Waals surface area (Å²) in [6.45, 7) is 1.58. The van der Waals surface area contributed by atoms with Crippen LogP contribution in [0.1, 0.15) is 12.7 Å². The van der Waals surface area contributed by atoms with Crippen LogP contribution in [-0.2, 0) is 17.8 Å². The number of hydrogen-bond acceptors (Lipinski definition) is 4. The maximum atomic E-state index is 14.3. The number of carbonyl (C=O) groups is 1. The van der Waals surface area contributed by atoms with Crippen LogP contribution in [0.2, 0.25) is 0 Å². The molecular weight excluding hydrogens is 384 g/mol. The average molecular weight is 399 g/mol. The van der Waals surface area contributed by atoms with Gasteiger partial charge in [-0.3, -0.25) is 14.2 Å². The Morgan fingerprint density at radius 2 is 1.93 bits per heavy atom. The molecule has 8 heteroatoms. The Hall–Kier alpha value is -3.13. The van der Waals surface area contributed by atoms with E-state index in [1.165, 1.54) is 34.9 Å². The minimum atomic E-state index is -0.433. The zero-order valence-electron chi connectivity index (χ0n) is 14.8. The van der Waals surface area contributed by atoms with Crippen LogP contribution in [0, 0.1) is 11.6 Å². The Kier molecular flexibility index (Phi) is 4.64. The van der Waals surface area contributed by atoms with Crippen molar-refractivity contribution in [2.24, 2.45) is 0 Å². The molecule has 0 radical (unpaired) electrons. The molecule has 0 bridgehead atoms. The van der Waals surface area contributed by atoms with Gasteiger partial charge in [-0.05, 0) is 36.4 Å². The molecule has 1 N–H and O–H groups in total. The van der Waals surface area contributed by atoms with E-state index in [1.807, 2.05) is 6.92 Å². The van der Waals surface area contributed by atoms with Gasteiger partial charge in [0, 0.05) is 16.8 Å². The summed E-state index contributed by atoms with van der Waals surface area (Å²) in [5, 5.41) is 2.96. The first-order valence-electron chi connectivity index (χ1n) is 8.63. The number of amides is 1. The summed E-state index contributed by atoms with van der Waals surface area (Å²) < 4.78 is 29.5. The molecule has 28 heavy (non-hydrogen) atoms. The van der Waals surface area contributed by atoms with Crippen molar-refractivity contribution in [1.82, 2.24) is 9.55 Å². The molecule has 1 amide bonds. The van der Waals surface area contributed by atoms with E-state index in [1.54, 1.807) is 12.1 Å². The number of thiophene rings is 1. The lowest BCUT2D eigenvalue weighted by atomic mass is 10.2. The fraction of sp³-hybridized carbons (Fsp3) is 0.150. The van der Waals surface area contributed by atoms with Gasteiger partial charge in [0.2, 0.25) is 5.91 Å². The molecule has 0 aliphatic rings. The summed E-state index contributed by atoms with van der Waals surface area (Å²) >= 11 is 1.16. The Morgan fingerprint density at radius 1 is 1.18 bits per heavy atom. The van der Waals surface area contributed by atoms with Crippen LogP contribution in [0.5, 0.6) is 0 Å². The highest BCUT2D eigenvalue weighted by Crippen LogP contribution is 2.32. The second-order valence-corrected chi connectivity index (χ2v) is 7.27. The molecule has 0 aliphatic carbocycles. The fourth-order valence-corrected chi connectivity index (χ4v) is 4.19. The Morgan fingerprint density at radius 3 is 2.64 bits per heavy atom. The molecule has 5 nitrogen and oxygen atoms in total. The lowest BCUT2D eigenvalue weighted by Gasteiger charge is -2.11. The Balaban J connectivity index is 1.76. The maximum absolute atomic E-state index is 14.3. The average Bonchev–Trinajstić information content (AvgIpc) is 3.06. The summed E-state index contributed by atoms with van der Waals surface area (Å²) in [6, 6.07) is 10.0. The molecule has 0 spiro atoms. The number of hydrogen-bond donors (Lipinski definition) is 1. The van der Waals surface area contributed by atoms with Crippen molar-refractivity contribution in [2.45, 2.75) is 19.9 Å². The number of carbonyl (C=O) groups excluding carboxylic acids is 1. The number of fused-ring (bicyclic) bond motifs is 3. The smallest absolute Gasteiger partial charge is 0.272 e. The summed E-state index contributed by atoms with van der Waals surface area (Å²) in [5.74, 6) is -0.870. The third-order valence-corrected chi connectivity index (χ3v) is 5.51. The van der Waals surface area contributed by atoms with Crippen LogP contribution in [-0.4, -0.2) is 15.5 Å². The van der Waals surface area contributed by atoms with E-state index in [2.05, 4.69) is 10.3 Å². The van der Waals surface area contributed by atoms with Crippen LogP contribution in [0.25, 0.3) is 20.3 Å². The van der Waals surface area contributed by atoms with E-state index in [0.29, 0.717) is 38.2 Å². The van der Waals surface area contributed by atoms with Crippen molar-refractivity contribution in [1.29, 1.82) is 0 Å². The Bertz CT molecular complexity index is 1260. The van der Waals surface area contributed by atoms with Gasteiger partial charge in [-0.2, -0.15) is 0 Å². The van der Waals surface area contributed by atoms with Crippen molar-refractivity contribution in [3.8, 4) is 0 Å². The van der Waals surface area contributed by atoms with Crippen LogP contribution in [0.15, 0.2) is 47.3 Å². The second-order valence-electron chi connectivity index (χ2n) is 6.22. The molecule has 0 saturated carbocycles. The normalized spacial score (nSPS) is 11.2. The molecule has 2 aromatic heterocycles. The minimum absolute atomic E-state index is 0.237. The first-order chi connectivity index (χ1) is 13.5. The summed E-state index contributed by atoms with van der Waals surface area (Å²) in [6.07, 6.45) is 0.404. The van der Waals surface area contributed by atoms with Crippen LogP contribution in [0.4, 0.5) is 14.5 Å². The highest BCUT2D eigenvalue weighted by Gasteiger charge is 2.18. The maximum Gasteiger partial charge on any atom is 0.272 e. The number of nitrogens with zero attached hydrogens (tertiary/aromatic N) is 2. The molecular formula is C20H15F2N3O2S. The summed E-state index contributed by atoms with van der Waals surface area (Å²) in [5.41, 5.74) is 0.377. The number of anilines is 1. The molecule has 0 fully saturated rings. The van der Waals surface area contributed by atoms with E-state index >= 15 is 0 Å². The van der Waals surface area contributed by atoms with E-state index in [-0.39, 0.29) is 12.1 Å². The lowest BCUT2D eigenvalue weighted by Crippen LogP contribution is -2.30. The van der Waals surface area contributed by atoms with E-state index < -0.39 is 17.5 Å². The van der Waals surface area contributed by atoms with Gasteiger partial charge in [-0.1, -0.05) is 13.0 Å². The zero-order chi connectivity index (χ0) is 19.8.